The fraction of sp³-hybridized carbons (Fsp3) is 0. The molecule has 216 valence electrons. The van der Waals surface area contributed by atoms with Gasteiger partial charge in [0.05, 0.1) is 0 Å². The van der Waals surface area contributed by atoms with Gasteiger partial charge in [-0.2, -0.15) is 0 Å². The van der Waals surface area contributed by atoms with Crippen molar-refractivity contribution in [2.75, 3.05) is 4.90 Å². The Morgan fingerprint density at radius 1 is 0.326 bits per heavy atom. The maximum atomic E-state index is 6.12. The Balaban J connectivity index is 1.06. The number of furan rings is 1. The van der Waals surface area contributed by atoms with E-state index in [1.54, 1.807) is 0 Å². The number of rotatable bonds is 5. The van der Waals surface area contributed by atoms with Gasteiger partial charge in [-0.05, 0) is 104 Å². The van der Waals surface area contributed by atoms with Crippen LogP contribution in [0.25, 0.3) is 65.7 Å². The van der Waals surface area contributed by atoms with Gasteiger partial charge >= 0.3 is 0 Å². The number of benzene rings is 8. The Labute approximate surface area is 267 Å². The van der Waals surface area contributed by atoms with Crippen LogP contribution in [0.5, 0.6) is 0 Å². The highest BCUT2D eigenvalue weighted by molar-refractivity contribution is 6.19. The minimum absolute atomic E-state index is 0.927. The van der Waals surface area contributed by atoms with Crippen LogP contribution in [0.4, 0.5) is 17.1 Å². The average Bonchev–Trinajstić information content (AvgIpc) is 3.52. The summed E-state index contributed by atoms with van der Waals surface area (Å²) >= 11 is 0. The van der Waals surface area contributed by atoms with E-state index in [0.29, 0.717) is 0 Å². The molecule has 0 aliphatic carbocycles. The summed E-state index contributed by atoms with van der Waals surface area (Å²) in [4.78, 5) is 2.31. The first-order valence-electron chi connectivity index (χ1n) is 15.7. The quantitative estimate of drug-likeness (QED) is 0.199. The number of anilines is 3. The maximum absolute atomic E-state index is 6.12. The Morgan fingerprint density at radius 3 is 1.61 bits per heavy atom. The van der Waals surface area contributed by atoms with E-state index in [1.807, 2.05) is 12.1 Å². The van der Waals surface area contributed by atoms with Gasteiger partial charge in [-0.1, -0.05) is 115 Å². The molecule has 9 rings (SSSR count). The van der Waals surface area contributed by atoms with Crippen LogP contribution >= 0.6 is 0 Å². The molecule has 0 atom stereocenters. The molecular weight excluding hydrogens is 558 g/mol. The summed E-state index contributed by atoms with van der Waals surface area (Å²) in [5.41, 5.74) is 10.0. The lowest BCUT2D eigenvalue weighted by Crippen LogP contribution is -2.09. The molecule has 0 radical (unpaired) electrons. The van der Waals surface area contributed by atoms with E-state index in [1.165, 1.54) is 49.2 Å². The molecule has 0 amide bonds. The molecule has 0 fully saturated rings. The fourth-order valence-corrected chi connectivity index (χ4v) is 6.73. The third kappa shape index (κ3) is 4.51. The van der Waals surface area contributed by atoms with Gasteiger partial charge in [0.15, 0.2) is 0 Å². The average molecular weight is 588 g/mol. The predicted molar refractivity (Wildman–Crippen MR) is 194 cm³/mol. The number of para-hydroxylation sites is 2. The SMILES string of the molecule is c1ccc(N(c2ccc(-c3ccc4ccccc4c3)cc2)c2ccc(-c3ccc4c(ccc5oc6ccccc6c54)c3)cc2)cc1. The minimum Gasteiger partial charge on any atom is -0.456 e. The van der Waals surface area contributed by atoms with Crippen molar-refractivity contribution in [2.45, 2.75) is 0 Å². The summed E-state index contributed by atoms with van der Waals surface area (Å²) in [6.07, 6.45) is 0. The van der Waals surface area contributed by atoms with Crippen molar-refractivity contribution in [2.24, 2.45) is 0 Å². The zero-order valence-corrected chi connectivity index (χ0v) is 25.1. The molecule has 0 saturated heterocycles. The van der Waals surface area contributed by atoms with Crippen LogP contribution in [0.1, 0.15) is 0 Å². The first-order chi connectivity index (χ1) is 22.8. The minimum atomic E-state index is 0.927. The Hall–Kier alpha value is -6.12. The zero-order chi connectivity index (χ0) is 30.5. The summed E-state index contributed by atoms with van der Waals surface area (Å²) in [5.74, 6) is 0. The first-order valence-corrected chi connectivity index (χ1v) is 15.7. The van der Waals surface area contributed by atoms with E-state index in [4.69, 9.17) is 4.42 Å². The summed E-state index contributed by atoms with van der Waals surface area (Å²) in [7, 11) is 0. The van der Waals surface area contributed by atoms with Gasteiger partial charge < -0.3 is 9.32 Å². The number of hydrogen-bond donors (Lipinski definition) is 0. The van der Waals surface area contributed by atoms with Crippen molar-refractivity contribution >= 4 is 60.5 Å². The van der Waals surface area contributed by atoms with Crippen LogP contribution in [-0.4, -0.2) is 0 Å². The first kappa shape index (κ1) is 26.3. The molecule has 2 nitrogen and oxygen atoms in total. The summed E-state index contributed by atoms with van der Waals surface area (Å²) in [5, 5.41) is 7.27. The molecule has 9 aromatic rings. The van der Waals surface area contributed by atoms with Gasteiger partial charge in [0.1, 0.15) is 11.2 Å². The number of nitrogens with zero attached hydrogens (tertiary/aromatic N) is 1. The normalized spacial score (nSPS) is 11.5. The molecule has 2 heteroatoms. The van der Waals surface area contributed by atoms with E-state index >= 15 is 0 Å². The van der Waals surface area contributed by atoms with Crippen molar-refractivity contribution in [3.8, 4) is 22.3 Å². The molecule has 0 aliphatic rings. The van der Waals surface area contributed by atoms with Crippen molar-refractivity contribution in [1.82, 2.24) is 0 Å². The van der Waals surface area contributed by atoms with Crippen LogP contribution in [-0.2, 0) is 0 Å². The second kappa shape index (κ2) is 10.8. The molecule has 1 heterocycles. The number of fused-ring (bicyclic) bond motifs is 6. The van der Waals surface area contributed by atoms with Crippen LogP contribution in [0.3, 0.4) is 0 Å². The standard InChI is InChI=1S/C44H29NO/c1-2-10-37(11-3-1)45(38-22-16-31(17-23-38)34-15-14-30-8-4-5-9-33(30)28-34)39-24-18-32(19-25-39)35-20-26-40-36(29-35)21-27-43-44(40)41-12-6-7-13-42(41)46-43/h1-29H. The van der Waals surface area contributed by atoms with Gasteiger partial charge in [-0.15, -0.1) is 0 Å². The molecule has 8 aromatic carbocycles. The van der Waals surface area contributed by atoms with Crippen molar-refractivity contribution < 1.29 is 4.42 Å². The highest BCUT2D eigenvalue weighted by atomic mass is 16.3. The Kier molecular flexibility index (Phi) is 6.17. The Bertz CT molecular complexity index is 2510. The second-order valence-corrected chi connectivity index (χ2v) is 11.8. The Morgan fingerprint density at radius 2 is 0.870 bits per heavy atom. The van der Waals surface area contributed by atoms with Gasteiger partial charge in [0.2, 0.25) is 0 Å². The van der Waals surface area contributed by atoms with Crippen molar-refractivity contribution in [3.63, 3.8) is 0 Å². The van der Waals surface area contributed by atoms with Crippen LogP contribution in [0.2, 0.25) is 0 Å². The largest absolute Gasteiger partial charge is 0.456 e. The van der Waals surface area contributed by atoms with Crippen LogP contribution in [0, 0.1) is 0 Å². The molecule has 0 saturated carbocycles. The predicted octanol–water partition coefficient (Wildman–Crippen LogP) is 12.7. The van der Waals surface area contributed by atoms with Gasteiger partial charge in [0, 0.05) is 27.8 Å². The van der Waals surface area contributed by atoms with Crippen LogP contribution < -0.4 is 4.90 Å². The molecule has 0 unspecified atom stereocenters. The van der Waals surface area contributed by atoms with E-state index in [2.05, 4.69) is 169 Å². The lowest BCUT2D eigenvalue weighted by molar-refractivity contribution is 0.669. The maximum Gasteiger partial charge on any atom is 0.136 e. The van der Waals surface area contributed by atoms with E-state index in [-0.39, 0.29) is 0 Å². The molecule has 0 spiro atoms. The zero-order valence-electron chi connectivity index (χ0n) is 25.1. The highest BCUT2D eigenvalue weighted by Crippen LogP contribution is 2.39. The number of hydrogen-bond acceptors (Lipinski definition) is 2. The third-order valence-electron chi connectivity index (χ3n) is 9.04. The van der Waals surface area contributed by atoms with E-state index in [0.717, 1.165) is 33.6 Å². The van der Waals surface area contributed by atoms with Gasteiger partial charge in [-0.3, -0.25) is 0 Å². The van der Waals surface area contributed by atoms with Crippen molar-refractivity contribution in [3.05, 3.63) is 176 Å². The van der Waals surface area contributed by atoms with Crippen LogP contribution in [0.15, 0.2) is 180 Å². The lowest BCUT2D eigenvalue weighted by atomic mass is 9.98. The monoisotopic (exact) mass is 587 g/mol. The molecule has 1 aromatic heterocycles. The van der Waals surface area contributed by atoms with Gasteiger partial charge in [-0.25, -0.2) is 0 Å². The van der Waals surface area contributed by atoms with E-state index < -0.39 is 0 Å². The molecule has 0 N–H and O–H groups in total. The van der Waals surface area contributed by atoms with Crippen molar-refractivity contribution in [1.29, 1.82) is 0 Å². The molecule has 0 bridgehead atoms. The summed E-state index contributed by atoms with van der Waals surface area (Å²) in [6.45, 7) is 0. The summed E-state index contributed by atoms with van der Waals surface area (Å²) < 4.78 is 6.12. The smallest absolute Gasteiger partial charge is 0.136 e. The molecular formula is C44H29NO. The molecule has 46 heavy (non-hydrogen) atoms. The summed E-state index contributed by atoms with van der Waals surface area (Å²) in [6, 6.07) is 62.8. The van der Waals surface area contributed by atoms with Gasteiger partial charge in [0.25, 0.3) is 0 Å². The fourth-order valence-electron chi connectivity index (χ4n) is 6.73. The second-order valence-electron chi connectivity index (χ2n) is 11.8. The third-order valence-corrected chi connectivity index (χ3v) is 9.04. The van der Waals surface area contributed by atoms with E-state index in [9.17, 15) is 0 Å². The lowest BCUT2D eigenvalue weighted by Gasteiger charge is -2.26. The topological polar surface area (TPSA) is 16.4 Å². The molecule has 0 aliphatic heterocycles. The highest BCUT2D eigenvalue weighted by Gasteiger charge is 2.14.